The van der Waals surface area contributed by atoms with Crippen LogP contribution in [-0.4, -0.2) is 37.8 Å². The van der Waals surface area contributed by atoms with Gasteiger partial charge in [-0.1, -0.05) is 5.16 Å². The fourth-order valence-electron chi connectivity index (χ4n) is 1.82. The number of aromatic nitrogens is 5. The summed E-state index contributed by atoms with van der Waals surface area (Å²) in [6, 6.07) is 1.72. The zero-order chi connectivity index (χ0) is 13.9. The quantitative estimate of drug-likeness (QED) is 0.720. The largest absolute Gasteiger partial charge is 0.352 e. The molecular weight excluding hydrogens is 260 g/mol. The number of carbonyl (C=O) groups excluding carboxylic acids is 1. The third-order valence-electron chi connectivity index (χ3n) is 2.88. The first-order chi connectivity index (χ1) is 9.74. The minimum absolute atomic E-state index is 0.195. The number of amides is 1. The first kappa shape index (κ1) is 12.3. The number of nitrogens with zero attached hydrogens (tertiary/aromatic N) is 4. The molecule has 3 aromatic heterocycles. The lowest BCUT2D eigenvalue weighted by Gasteiger charge is -2.03. The van der Waals surface area contributed by atoms with Gasteiger partial charge in [-0.15, -0.1) is 0 Å². The normalized spacial score (nSPS) is 10.8. The number of hydrogen-bond acceptors (Lipinski definition) is 6. The van der Waals surface area contributed by atoms with E-state index in [2.05, 4.69) is 30.6 Å². The van der Waals surface area contributed by atoms with Crippen LogP contribution in [0.25, 0.3) is 11.1 Å². The van der Waals surface area contributed by atoms with Gasteiger partial charge in [-0.25, -0.2) is 9.97 Å². The molecule has 0 fully saturated rings. The van der Waals surface area contributed by atoms with Crippen LogP contribution in [0, 0.1) is 6.92 Å². The lowest BCUT2D eigenvalue weighted by atomic mass is 10.2. The highest BCUT2D eigenvalue weighted by Gasteiger charge is 2.11. The first-order valence-electron chi connectivity index (χ1n) is 6.08. The number of aromatic amines is 1. The number of pyridine rings is 1. The predicted octanol–water partition coefficient (Wildman–Crippen LogP) is 0.622. The van der Waals surface area contributed by atoms with Gasteiger partial charge in [0.1, 0.15) is 12.2 Å². The summed E-state index contributed by atoms with van der Waals surface area (Å²) in [5.74, 6) is 0.535. The van der Waals surface area contributed by atoms with E-state index in [0.717, 1.165) is 11.2 Å². The van der Waals surface area contributed by atoms with Crippen molar-refractivity contribution in [2.75, 3.05) is 6.54 Å². The highest BCUT2D eigenvalue weighted by Crippen LogP contribution is 2.16. The molecule has 3 aromatic rings. The maximum absolute atomic E-state index is 12.0. The van der Waals surface area contributed by atoms with Crippen LogP contribution in [0.15, 0.2) is 23.1 Å². The van der Waals surface area contributed by atoms with Crippen molar-refractivity contribution in [3.8, 4) is 0 Å². The Hall–Kier alpha value is -2.77. The van der Waals surface area contributed by atoms with Crippen molar-refractivity contribution < 1.29 is 9.32 Å². The molecule has 0 aliphatic heterocycles. The van der Waals surface area contributed by atoms with Gasteiger partial charge in [0.2, 0.25) is 0 Å². The van der Waals surface area contributed by atoms with Crippen LogP contribution < -0.4 is 5.32 Å². The van der Waals surface area contributed by atoms with Crippen molar-refractivity contribution in [3.63, 3.8) is 0 Å². The maximum Gasteiger partial charge on any atom is 0.257 e. The Morgan fingerprint density at radius 1 is 1.45 bits per heavy atom. The Balaban J connectivity index is 1.67. The molecule has 0 bridgehead atoms. The molecule has 102 valence electrons. The Kier molecular flexibility index (Phi) is 3.12. The molecule has 0 unspecified atom stereocenters. The minimum atomic E-state index is -0.195. The second-order valence-corrected chi connectivity index (χ2v) is 4.28. The SMILES string of the molecule is Cc1noc2ncc(C(=O)NCCc3ncn[nH]3)cc12. The number of rotatable bonds is 4. The van der Waals surface area contributed by atoms with Gasteiger partial charge >= 0.3 is 0 Å². The van der Waals surface area contributed by atoms with Crippen LogP contribution in [0.4, 0.5) is 0 Å². The highest BCUT2D eigenvalue weighted by molar-refractivity contribution is 5.96. The average molecular weight is 272 g/mol. The molecule has 3 rings (SSSR count). The fourth-order valence-corrected chi connectivity index (χ4v) is 1.82. The third kappa shape index (κ3) is 2.35. The smallest absolute Gasteiger partial charge is 0.257 e. The Labute approximate surface area is 113 Å². The second kappa shape index (κ2) is 5.08. The molecule has 0 aliphatic rings. The van der Waals surface area contributed by atoms with Crippen LogP contribution in [0.2, 0.25) is 0 Å². The molecule has 8 nitrogen and oxygen atoms in total. The number of aryl methyl sites for hydroxylation is 1. The van der Waals surface area contributed by atoms with Crippen LogP contribution in [0.1, 0.15) is 21.9 Å². The molecule has 0 aromatic carbocycles. The van der Waals surface area contributed by atoms with E-state index in [1.165, 1.54) is 12.5 Å². The summed E-state index contributed by atoms with van der Waals surface area (Å²) >= 11 is 0. The summed E-state index contributed by atoms with van der Waals surface area (Å²) in [5, 5.41) is 13.8. The van der Waals surface area contributed by atoms with Crippen molar-refractivity contribution >= 4 is 17.0 Å². The predicted molar refractivity (Wildman–Crippen MR) is 69.0 cm³/mol. The molecule has 2 N–H and O–H groups in total. The summed E-state index contributed by atoms with van der Waals surface area (Å²) in [5.41, 5.74) is 1.62. The van der Waals surface area contributed by atoms with E-state index in [-0.39, 0.29) is 5.91 Å². The summed E-state index contributed by atoms with van der Waals surface area (Å²) in [4.78, 5) is 20.0. The Morgan fingerprint density at radius 3 is 3.15 bits per heavy atom. The molecule has 0 spiro atoms. The Morgan fingerprint density at radius 2 is 2.35 bits per heavy atom. The zero-order valence-electron chi connectivity index (χ0n) is 10.8. The average Bonchev–Trinajstić information content (AvgIpc) is 3.09. The molecule has 0 aliphatic carbocycles. The van der Waals surface area contributed by atoms with Crippen molar-refractivity contribution in [1.82, 2.24) is 30.6 Å². The summed E-state index contributed by atoms with van der Waals surface area (Å²) in [7, 11) is 0. The van der Waals surface area contributed by atoms with Gasteiger partial charge in [-0.2, -0.15) is 5.10 Å². The van der Waals surface area contributed by atoms with Gasteiger partial charge in [0.25, 0.3) is 11.6 Å². The van der Waals surface area contributed by atoms with Crippen LogP contribution in [0.3, 0.4) is 0 Å². The number of nitrogens with one attached hydrogen (secondary N) is 2. The molecule has 0 atom stereocenters. The molecule has 0 radical (unpaired) electrons. The molecule has 3 heterocycles. The van der Waals surface area contributed by atoms with Crippen molar-refractivity contribution in [1.29, 1.82) is 0 Å². The standard InChI is InChI=1S/C12H12N6O2/c1-7-9-4-8(5-14-12(9)20-18-7)11(19)13-3-2-10-15-6-16-17-10/h4-6H,2-3H2,1H3,(H,13,19)(H,15,16,17). The zero-order valence-corrected chi connectivity index (χ0v) is 10.8. The van der Waals surface area contributed by atoms with E-state index >= 15 is 0 Å². The number of carbonyl (C=O) groups is 1. The number of hydrogen-bond donors (Lipinski definition) is 2. The van der Waals surface area contributed by atoms with E-state index < -0.39 is 0 Å². The van der Waals surface area contributed by atoms with Crippen LogP contribution in [-0.2, 0) is 6.42 Å². The van der Waals surface area contributed by atoms with Crippen molar-refractivity contribution in [3.05, 3.63) is 35.7 Å². The van der Waals surface area contributed by atoms with E-state index in [1.54, 1.807) is 13.0 Å². The topological polar surface area (TPSA) is 110 Å². The van der Waals surface area contributed by atoms with E-state index in [0.29, 0.717) is 29.9 Å². The monoisotopic (exact) mass is 272 g/mol. The lowest BCUT2D eigenvalue weighted by molar-refractivity contribution is 0.0954. The van der Waals surface area contributed by atoms with Crippen molar-refractivity contribution in [2.45, 2.75) is 13.3 Å². The van der Waals surface area contributed by atoms with E-state index in [9.17, 15) is 4.79 Å². The summed E-state index contributed by atoms with van der Waals surface area (Å²) in [6.07, 6.45) is 3.49. The molecule has 8 heteroatoms. The van der Waals surface area contributed by atoms with Gasteiger partial charge in [0, 0.05) is 19.2 Å². The van der Waals surface area contributed by atoms with Gasteiger partial charge < -0.3 is 9.84 Å². The number of fused-ring (bicyclic) bond motifs is 1. The minimum Gasteiger partial charge on any atom is -0.352 e. The van der Waals surface area contributed by atoms with Crippen LogP contribution in [0.5, 0.6) is 0 Å². The molecule has 0 saturated carbocycles. The Bertz CT molecular complexity index is 734. The molecule has 1 amide bonds. The fraction of sp³-hybridized carbons (Fsp3) is 0.250. The first-order valence-corrected chi connectivity index (χ1v) is 6.08. The third-order valence-corrected chi connectivity index (χ3v) is 2.88. The van der Waals surface area contributed by atoms with Gasteiger partial charge in [0.05, 0.1) is 16.6 Å². The summed E-state index contributed by atoms with van der Waals surface area (Å²) < 4.78 is 5.00. The van der Waals surface area contributed by atoms with Gasteiger partial charge in [-0.05, 0) is 13.0 Å². The molecule has 20 heavy (non-hydrogen) atoms. The van der Waals surface area contributed by atoms with E-state index in [4.69, 9.17) is 4.52 Å². The summed E-state index contributed by atoms with van der Waals surface area (Å²) in [6.45, 7) is 2.27. The molecular formula is C12H12N6O2. The van der Waals surface area contributed by atoms with Gasteiger partial charge in [-0.3, -0.25) is 9.89 Å². The second-order valence-electron chi connectivity index (χ2n) is 4.28. The highest BCUT2D eigenvalue weighted by atomic mass is 16.5. The van der Waals surface area contributed by atoms with Gasteiger partial charge in [0.15, 0.2) is 0 Å². The lowest BCUT2D eigenvalue weighted by Crippen LogP contribution is -2.26. The maximum atomic E-state index is 12.0. The number of H-pyrrole nitrogens is 1. The molecule has 0 saturated heterocycles. The van der Waals surface area contributed by atoms with Crippen molar-refractivity contribution in [2.24, 2.45) is 0 Å². The van der Waals surface area contributed by atoms with Crippen LogP contribution >= 0.6 is 0 Å². The van der Waals surface area contributed by atoms with E-state index in [1.807, 2.05) is 0 Å².